The molecule has 1 atom stereocenters. The normalized spacial score (nSPS) is 12.5. The number of nitrogens with one attached hydrogen (secondary N) is 2. The molecule has 0 heterocycles. The van der Waals surface area contributed by atoms with Gasteiger partial charge in [-0.15, -0.1) is 0 Å². The molecule has 0 saturated heterocycles. The Morgan fingerprint density at radius 1 is 1.12 bits per heavy atom. The third-order valence-electron chi connectivity index (χ3n) is 3.69. The van der Waals surface area contributed by atoms with E-state index in [0.717, 1.165) is 10.8 Å². The summed E-state index contributed by atoms with van der Waals surface area (Å²) in [5.74, 6) is -0.968. The summed E-state index contributed by atoms with van der Waals surface area (Å²) < 4.78 is 31.9. The van der Waals surface area contributed by atoms with Crippen molar-refractivity contribution in [3.05, 3.63) is 42.5 Å². The highest BCUT2D eigenvalue weighted by molar-refractivity contribution is 7.89. The predicted octanol–water partition coefficient (Wildman–Crippen LogP) is 1.58. The van der Waals surface area contributed by atoms with Crippen LogP contribution in [0.1, 0.15) is 20.3 Å². The zero-order valence-corrected chi connectivity index (χ0v) is 15.5. The Labute approximate surface area is 152 Å². The summed E-state index contributed by atoms with van der Waals surface area (Å²) in [5.41, 5.74) is 0. The number of carbonyl (C=O) groups excluding carboxylic acids is 2. The van der Waals surface area contributed by atoms with Gasteiger partial charge in [-0.3, -0.25) is 4.79 Å². The fourth-order valence-corrected chi connectivity index (χ4v) is 3.42. The van der Waals surface area contributed by atoms with Gasteiger partial charge in [0.1, 0.15) is 6.04 Å². The van der Waals surface area contributed by atoms with Gasteiger partial charge in [-0.2, -0.15) is 0 Å². The minimum absolute atomic E-state index is 0.0729. The van der Waals surface area contributed by atoms with Gasteiger partial charge in [0.25, 0.3) is 0 Å². The minimum atomic E-state index is -3.72. The zero-order valence-electron chi connectivity index (χ0n) is 14.7. The van der Waals surface area contributed by atoms with Crippen molar-refractivity contribution < 1.29 is 22.7 Å². The number of esters is 1. The van der Waals surface area contributed by atoms with Crippen LogP contribution in [0.3, 0.4) is 0 Å². The van der Waals surface area contributed by atoms with E-state index in [0.29, 0.717) is 0 Å². The third kappa shape index (κ3) is 5.27. The molecule has 0 fully saturated rings. The Morgan fingerprint density at radius 2 is 1.81 bits per heavy atom. The van der Waals surface area contributed by atoms with E-state index in [1.807, 2.05) is 24.3 Å². The number of amides is 1. The predicted molar refractivity (Wildman–Crippen MR) is 98.0 cm³/mol. The molecule has 2 rings (SSSR count). The molecule has 1 unspecified atom stereocenters. The molecule has 0 aromatic heterocycles. The summed E-state index contributed by atoms with van der Waals surface area (Å²) in [6, 6.07) is 11.5. The maximum atomic E-state index is 12.4. The SMILES string of the molecule is CCOC(=O)C(C)NC(=O)CCNS(=O)(=O)c1ccc2ccccc2c1. The summed E-state index contributed by atoms with van der Waals surface area (Å²) >= 11 is 0. The average Bonchev–Trinajstić information content (AvgIpc) is 2.61. The van der Waals surface area contributed by atoms with Gasteiger partial charge in [0.2, 0.25) is 15.9 Å². The number of carbonyl (C=O) groups is 2. The third-order valence-corrected chi connectivity index (χ3v) is 5.15. The fraction of sp³-hybridized carbons (Fsp3) is 0.333. The van der Waals surface area contributed by atoms with Gasteiger partial charge in [-0.1, -0.05) is 30.3 Å². The van der Waals surface area contributed by atoms with Crippen LogP contribution >= 0.6 is 0 Å². The molecule has 2 N–H and O–H groups in total. The van der Waals surface area contributed by atoms with E-state index >= 15 is 0 Å². The smallest absolute Gasteiger partial charge is 0.328 e. The standard InChI is InChI=1S/C18H22N2O5S/c1-3-25-18(22)13(2)20-17(21)10-11-19-26(23,24)16-9-8-14-6-4-5-7-15(14)12-16/h4-9,12-13,19H,3,10-11H2,1-2H3,(H,20,21). The Morgan fingerprint density at radius 3 is 2.50 bits per heavy atom. The first-order chi connectivity index (χ1) is 12.3. The lowest BCUT2D eigenvalue weighted by molar-refractivity contribution is -0.146. The van der Waals surface area contributed by atoms with Crippen molar-refractivity contribution in [1.82, 2.24) is 10.0 Å². The van der Waals surface area contributed by atoms with Gasteiger partial charge < -0.3 is 10.1 Å². The maximum absolute atomic E-state index is 12.4. The number of hydrogen-bond acceptors (Lipinski definition) is 5. The lowest BCUT2D eigenvalue weighted by Gasteiger charge is -2.13. The molecule has 2 aromatic rings. The summed E-state index contributed by atoms with van der Waals surface area (Å²) in [6.45, 7) is 3.34. The van der Waals surface area contributed by atoms with Crippen LogP contribution in [0.15, 0.2) is 47.4 Å². The maximum Gasteiger partial charge on any atom is 0.328 e. The summed E-state index contributed by atoms with van der Waals surface area (Å²) in [5, 5.41) is 4.23. The monoisotopic (exact) mass is 378 g/mol. The van der Waals surface area contributed by atoms with E-state index in [-0.39, 0.29) is 24.5 Å². The van der Waals surface area contributed by atoms with Crippen LogP contribution in [0, 0.1) is 0 Å². The number of hydrogen-bond donors (Lipinski definition) is 2. The highest BCUT2D eigenvalue weighted by Gasteiger charge is 2.18. The molecular formula is C18H22N2O5S. The summed E-state index contributed by atoms with van der Waals surface area (Å²) in [4.78, 5) is 23.4. The van der Waals surface area contributed by atoms with Crippen molar-refractivity contribution in [1.29, 1.82) is 0 Å². The molecule has 140 valence electrons. The molecule has 7 nitrogen and oxygen atoms in total. The van der Waals surface area contributed by atoms with Crippen LogP contribution in [0.4, 0.5) is 0 Å². The van der Waals surface area contributed by atoms with E-state index in [2.05, 4.69) is 10.0 Å². The van der Waals surface area contributed by atoms with Crippen molar-refractivity contribution in [3.8, 4) is 0 Å². The van der Waals surface area contributed by atoms with E-state index in [4.69, 9.17) is 4.74 Å². The van der Waals surface area contributed by atoms with Gasteiger partial charge >= 0.3 is 5.97 Å². The van der Waals surface area contributed by atoms with Gasteiger partial charge in [-0.05, 0) is 36.8 Å². The van der Waals surface area contributed by atoms with Crippen LogP contribution in [0.2, 0.25) is 0 Å². The molecular weight excluding hydrogens is 356 g/mol. The van der Waals surface area contributed by atoms with Gasteiger partial charge in [0, 0.05) is 13.0 Å². The number of benzene rings is 2. The lowest BCUT2D eigenvalue weighted by Crippen LogP contribution is -2.40. The molecule has 0 aliphatic heterocycles. The average molecular weight is 378 g/mol. The molecule has 0 aliphatic rings. The Hall–Kier alpha value is -2.45. The van der Waals surface area contributed by atoms with Gasteiger partial charge in [-0.25, -0.2) is 17.9 Å². The Kier molecular flexibility index (Phi) is 6.70. The van der Waals surface area contributed by atoms with Crippen LogP contribution < -0.4 is 10.0 Å². The topological polar surface area (TPSA) is 102 Å². The number of fused-ring (bicyclic) bond motifs is 1. The van der Waals surface area contributed by atoms with Crippen LogP contribution in [0.5, 0.6) is 0 Å². The second-order valence-electron chi connectivity index (χ2n) is 5.70. The van der Waals surface area contributed by atoms with Crippen LogP contribution in [-0.2, 0) is 24.3 Å². The van der Waals surface area contributed by atoms with E-state index < -0.39 is 27.9 Å². The number of ether oxygens (including phenoxy) is 1. The zero-order chi connectivity index (χ0) is 19.2. The van der Waals surface area contributed by atoms with E-state index in [1.165, 1.54) is 13.0 Å². The molecule has 26 heavy (non-hydrogen) atoms. The summed E-state index contributed by atoms with van der Waals surface area (Å²) in [7, 11) is -3.72. The van der Waals surface area contributed by atoms with Crippen LogP contribution in [-0.4, -0.2) is 39.5 Å². The first-order valence-electron chi connectivity index (χ1n) is 8.28. The number of sulfonamides is 1. The first kappa shape index (κ1) is 19.9. The van der Waals surface area contributed by atoms with Gasteiger partial charge in [0.05, 0.1) is 11.5 Å². The first-order valence-corrected chi connectivity index (χ1v) is 9.76. The molecule has 1 amide bonds. The molecule has 8 heteroatoms. The van der Waals surface area contributed by atoms with Crippen molar-refractivity contribution in [2.45, 2.75) is 31.2 Å². The molecule has 2 aromatic carbocycles. The highest BCUT2D eigenvalue weighted by atomic mass is 32.2. The Bertz CT molecular complexity index is 895. The van der Waals surface area contributed by atoms with Crippen molar-refractivity contribution in [2.75, 3.05) is 13.2 Å². The molecule has 0 radical (unpaired) electrons. The largest absolute Gasteiger partial charge is 0.464 e. The second-order valence-corrected chi connectivity index (χ2v) is 7.46. The number of rotatable bonds is 8. The Balaban J connectivity index is 1.91. The van der Waals surface area contributed by atoms with E-state index in [1.54, 1.807) is 19.1 Å². The quantitative estimate of drug-likeness (QED) is 0.679. The molecule has 0 aliphatic carbocycles. The van der Waals surface area contributed by atoms with Crippen molar-refractivity contribution >= 4 is 32.7 Å². The lowest BCUT2D eigenvalue weighted by atomic mass is 10.1. The van der Waals surface area contributed by atoms with Gasteiger partial charge in [0.15, 0.2) is 0 Å². The highest BCUT2D eigenvalue weighted by Crippen LogP contribution is 2.18. The van der Waals surface area contributed by atoms with Crippen molar-refractivity contribution in [3.63, 3.8) is 0 Å². The second kappa shape index (κ2) is 8.77. The van der Waals surface area contributed by atoms with Crippen molar-refractivity contribution in [2.24, 2.45) is 0 Å². The van der Waals surface area contributed by atoms with Crippen LogP contribution in [0.25, 0.3) is 10.8 Å². The summed E-state index contributed by atoms with van der Waals surface area (Å²) in [6.07, 6.45) is -0.0867. The molecule has 0 spiro atoms. The minimum Gasteiger partial charge on any atom is -0.464 e. The molecule has 0 bridgehead atoms. The molecule has 0 saturated carbocycles. The van der Waals surface area contributed by atoms with E-state index in [9.17, 15) is 18.0 Å². The fourth-order valence-electron chi connectivity index (χ4n) is 2.36.